The highest BCUT2D eigenvalue weighted by Gasteiger charge is 2.42. The molecule has 4 nitrogen and oxygen atoms in total. The van der Waals surface area contributed by atoms with Crippen molar-refractivity contribution in [3.05, 3.63) is 65.5 Å². The first-order valence-electron chi connectivity index (χ1n) is 7.00. The van der Waals surface area contributed by atoms with Crippen molar-refractivity contribution in [1.82, 2.24) is 5.01 Å². The number of halogens is 1. The van der Waals surface area contributed by atoms with Gasteiger partial charge in [-0.05, 0) is 42.8 Å². The number of Topliss-reactive ketones (excluding diaryl/α,β-unsaturated/α-hetero) is 1. The smallest absolute Gasteiger partial charge is 0.244 e. The number of hydrazine groups is 1. The number of carbonyl (C=O) groups excluding carboxylic acids is 2. The van der Waals surface area contributed by atoms with Crippen molar-refractivity contribution < 1.29 is 14.0 Å². The first kappa shape index (κ1) is 14.3. The van der Waals surface area contributed by atoms with Crippen LogP contribution in [0.1, 0.15) is 22.3 Å². The Kier molecular flexibility index (Phi) is 3.63. The monoisotopic (exact) mass is 298 g/mol. The molecule has 0 spiro atoms. The Morgan fingerprint density at radius 1 is 1.23 bits per heavy atom. The van der Waals surface area contributed by atoms with Gasteiger partial charge in [0.05, 0.1) is 12.1 Å². The SMILES string of the molecule is Cc1cc(F)ccc1C(=O)C1CC(=O)N1Nc1ccccc1. The van der Waals surface area contributed by atoms with E-state index in [9.17, 15) is 14.0 Å². The predicted octanol–water partition coefficient (Wildman–Crippen LogP) is 2.94. The highest BCUT2D eigenvalue weighted by molar-refractivity contribution is 6.08. The van der Waals surface area contributed by atoms with Gasteiger partial charge >= 0.3 is 0 Å². The second kappa shape index (κ2) is 5.60. The van der Waals surface area contributed by atoms with E-state index >= 15 is 0 Å². The number of amides is 1. The molecule has 1 fully saturated rings. The van der Waals surface area contributed by atoms with Crippen molar-refractivity contribution in [1.29, 1.82) is 0 Å². The average molecular weight is 298 g/mol. The van der Waals surface area contributed by atoms with Crippen LogP contribution in [0.4, 0.5) is 10.1 Å². The van der Waals surface area contributed by atoms with Gasteiger partial charge in [-0.3, -0.25) is 15.0 Å². The number of nitrogens with zero attached hydrogens (tertiary/aromatic N) is 1. The van der Waals surface area contributed by atoms with E-state index in [1.165, 1.54) is 23.2 Å². The van der Waals surface area contributed by atoms with Gasteiger partial charge in [-0.15, -0.1) is 0 Å². The summed E-state index contributed by atoms with van der Waals surface area (Å²) in [4.78, 5) is 24.3. The van der Waals surface area contributed by atoms with Crippen LogP contribution in [-0.2, 0) is 4.79 Å². The molecule has 1 N–H and O–H groups in total. The minimum absolute atomic E-state index is 0.137. The molecule has 2 aromatic rings. The lowest BCUT2D eigenvalue weighted by atomic mass is 9.92. The summed E-state index contributed by atoms with van der Waals surface area (Å²) in [6.45, 7) is 1.69. The summed E-state index contributed by atoms with van der Waals surface area (Å²) in [5, 5.41) is 1.33. The predicted molar refractivity (Wildman–Crippen MR) is 80.8 cm³/mol. The minimum atomic E-state index is -0.558. The van der Waals surface area contributed by atoms with Crippen LogP contribution >= 0.6 is 0 Å². The Morgan fingerprint density at radius 3 is 2.59 bits per heavy atom. The van der Waals surface area contributed by atoms with Gasteiger partial charge in [-0.25, -0.2) is 9.40 Å². The van der Waals surface area contributed by atoms with E-state index in [1.54, 1.807) is 6.92 Å². The van der Waals surface area contributed by atoms with Gasteiger partial charge < -0.3 is 0 Å². The zero-order valence-electron chi connectivity index (χ0n) is 12.0. The van der Waals surface area contributed by atoms with E-state index in [1.807, 2.05) is 30.3 Å². The molecule has 1 heterocycles. The Balaban J connectivity index is 1.79. The molecule has 0 aromatic heterocycles. The molecule has 1 saturated heterocycles. The Hall–Kier alpha value is -2.69. The van der Waals surface area contributed by atoms with Crippen molar-refractivity contribution in [2.75, 3.05) is 5.43 Å². The van der Waals surface area contributed by atoms with Gasteiger partial charge in [-0.2, -0.15) is 0 Å². The number of ketones is 1. The quantitative estimate of drug-likeness (QED) is 0.697. The van der Waals surface area contributed by atoms with E-state index < -0.39 is 6.04 Å². The number of carbonyl (C=O) groups is 2. The lowest BCUT2D eigenvalue weighted by Crippen LogP contribution is -2.59. The fraction of sp³-hybridized carbons (Fsp3) is 0.176. The number of rotatable bonds is 4. The molecule has 0 radical (unpaired) electrons. The Bertz CT molecular complexity index is 731. The third kappa shape index (κ3) is 2.57. The molecule has 0 saturated carbocycles. The second-order valence-electron chi connectivity index (χ2n) is 5.28. The van der Waals surface area contributed by atoms with Crippen LogP contribution in [-0.4, -0.2) is 22.7 Å². The topological polar surface area (TPSA) is 49.4 Å². The lowest BCUT2D eigenvalue weighted by molar-refractivity contribution is -0.141. The lowest BCUT2D eigenvalue weighted by Gasteiger charge is -2.39. The number of hydrogen-bond acceptors (Lipinski definition) is 3. The number of anilines is 1. The largest absolute Gasteiger partial charge is 0.295 e. The van der Waals surface area contributed by atoms with Crippen LogP contribution in [0.3, 0.4) is 0 Å². The van der Waals surface area contributed by atoms with Crippen molar-refractivity contribution in [2.45, 2.75) is 19.4 Å². The van der Waals surface area contributed by atoms with Gasteiger partial charge in [-0.1, -0.05) is 18.2 Å². The van der Waals surface area contributed by atoms with Crippen molar-refractivity contribution in [3.8, 4) is 0 Å². The maximum atomic E-state index is 13.1. The van der Waals surface area contributed by atoms with Gasteiger partial charge in [0.15, 0.2) is 5.78 Å². The number of aryl methyl sites for hydroxylation is 1. The molecule has 3 rings (SSSR count). The van der Waals surface area contributed by atoms with Crippen LogP contribution in [0.5, 0.6) is 0 Å². The molecule has 22 heavy (non-hydrogen) atoms. The van der Waals surface area contributed by atoms with Crippen LogP contribution in [0.2, 0.25) is 0 Å². The molecule has 5 heteroatoms. The van der Waals surface area contributed by atoms with E-state index in [0.29, 0.717) is 11.1 Å². The summed E-state index contributed by atoms with van der Waals surface area (Å²) < 4.78 is 13.1. The molecule has 1 unspecified atom stereocenters. The molecule has 0 bridgehead atoms. The van der Waals surface area contributed by atoms with E-state index in [-0.39, 0.29) is 23.9 Å². The molecule has 112 valence electrons. The van der Waals surface area contributed by atoms with Crippen LogP contribution in [0.15, 0.2) is 48.5 Å². The molecule has 1 aliphatic heterocycles. The third-order valence-electron chi connectivity index (χ3n) is 3.73. The zero-order chi connectivity index (χ0) is 15.7. The highest BCUT2D eigenvalue weighted by atomic mass is 19.1. The normalized spacial score (nSPS) is 17.1. The number of para-hydroxylation sites is 1. The molecule has 0 aliphatic carbocycles. The third-order valence-corrected chi connectivity index (χ3v) is 3.73. The van der Waals surface area contributed by atoms with E-state index in [4.69, 9.17) is 0 Å². The van der Waals surface area contributed by atoms with Crippen molar-refractivity contribution >= 4 is 17.4 Å². The fourth-order valence-corrected chi connectivity index (χ4v) is 2.50. The Labute approximate surface area is 127 Å². The molecule has 1 atom stereocenters. The second-order valence-corrected chi connectivity index (χ2v) is 5.28. The summed E-state index contributed by atoms with van der Waals surface area (Å²) in [5.41, 5.74) is 4.71. The number of hydrogen-bond donors (Lipinski definition) is 1. The highest BCUT2D eigenvalue weighted by Crippen LogP contribution is 2.25. The van der Waals surface area contributed by atoms with Crippen molar-refractivity contribution in [2.24, 2.45) is 0 Å². The summed E-state index contributed by atoms with van der Waals surface area (Å²) in [6.07, 6.45) is 0.162. The summed E-state index contributed by atoms with van der Waals surface area (Å²) in [5.74, 6) is -0.694. The Morgan fingerprint density at radius 2 is 1.95 bits per heavy atom. The van der Waals surface area contributed by atoms with E-state index in [0.717, 1.165) is 5.69 Å². The van der Waals surface area contributed by atoms with Crippen molar-refractivity contribution in [3.63, 3.8) is 0 Å². The maximum absolute atomic E-state index is 13.1. The minimum Gasteiger partial charge on any atom is -0.295 e. The summed E-state index contributed by atoms with van der Waals surface area (Å²) in [6, 6.07) is 12.7. The fourth-order valence-electron chi connectivity index (χ4n) is 2.50. The van der Waals surface area contributed by atoms with Crippen LogP contribution < -0.4 is 5.43 Å². The molecule has 1 aliphatic rings. The van der Waals surface area contributed by atoms with E-state index in [2.05, 4.69) is 5.43 Å². The number of benzene rings is 2. The standard InChI is InChI=1S/C17H15FN2O2/c1-11-9-12(18)7-8-14(11)17(22)15-10-16(21)20(15)19-13-5-3-2-4-6-13/h2-9,15,19H,10H2,1H3. The number of β-lactam (4-membered cyclic amide) rings is 1. The molecular weight excluding hydrogens is 283 g/mol. The average Bonchev–Trinajstić information content (AvgIpc) is 2.51. The molecule has 2 aromatic carbocycles. The molecule has 1 amide bonds. The first-order valence-corrected chi connectivity index (χ1v) is 7.00. The first-order chi connectivity index (χ1) is 10.6. The van der Waals surface area contributed by atoms with Gasteiger partial charge in [0.25, 0.3) is 0 Å². The van der Waals surface area contributed by atoms with Crippen LogP contribution in [0, 0.1) is 12.7 Å². The van der Waals surface area contributed by atoms with Gasteiger partial charge in [0.2, 0.25) is 5.91 Å². The van der Waals surface area contributed by atoms with Gasteiger partial charge in [0.1, 0.15) is 11.9 Å². The van der Waals surface area contributed by atoms with Gasteiger partial charge in [0, 0.05) is 5.56 Å². The molecular formula is C17H15FN2O2. The maximum Gasteiger partial charge on any atom is 0.244 e. The number of nitrogens with one attached hydrogen (secondary N) is 1. The van der Waals surface area contributed by atoms with Crippen LogP contribution in [0.25, 0.3) is 0 Å². The zero-order valence-corrected chi connectivity index (χ0v) is 12.0. The summed E-state index contributed by atoms with van der Waals surface area (Å²) in [7, 11) is 0. The summed E-state index contributed by atoms with van der Waals surface area (Å²) >= 11 is 0.